The lowest BCUT2D eigenvalue weighted by Gasteiger charge is -2.46. The first kappa shape index (κ1) is 19.5. The van der Waals surface area contributed by atoms with Gasteiger partial charge in [-0.3, -0.25) is 10.4 Å². The molecular formula is C17H22ClN3O3S2. The zero-order valence-corrected chi connectivity index (χ0v) is 17.4. The van der Waals surface area contributed by atoms with Gasteiger partial charge in [-0.25, -0.2) is 8.42 Å². The minimum absolute atomic E-state index is 0.00668. The molecule has 0 saturated carbocycles. The van der Waals surface area contributed by atoms with Gasteiger partial charge < -0.3 is 10.1 Å². The molecule has 26 heavy (non-hydrogen) atoms. The molecule has 3 rings (SSSR count). The quantitative estimate of drug-likeness (QED) is 0.737. The Morgan fingerprint density at radius 1 is 1.38 bits per heavy atom. The molecule has 9 heteroatoms. The van der Waals surface area contributed by atoms with E-state index in [1.54, 1.807) is 33.4 Å². The third-order valence-corrected chi connectivity index (χ3v) is 9.95. The molecule has 2 unspecified atom stereocenters. The number of nitrogens with zero attached hydrogens (tertiary/aromatic N) is 1. The highest BCUT2D eigenvalue weighted by atomic mass is 35.5. The molecule has 2 aliphatic heterocycles. The van der Waals surface area contributed by atoms with Gasteiger partial charge in [0.05, 0.1) is 35.2 Å². The fraction of sp³-hybridized carbons (Fsp3) is 0.529. The van der Waals surface area contributed by atoms with Gasteiger partial charge in [0.15, 0.2) is 9.84 Å². The van der Waals surface area contributed by atoms with Crippen LogP contribution in [0.4, 0.5) is 0 Å². The van der Waals surface area contributed by atoms with Crippen molar-refractivity contribution in [3.8, 4) is 5.75 Å². The molecule has 0 aliphatic carbocycles. The predicted octanol–water partition coefficient (Wildman–Crippen LogP) is 2.69. The summed E-state index contributed by atoms with van der Waals surface area (Å²) in [6, 6.07) is 1.87. The molecule has 1 fully saturated rings. The Kier molecular flexibility index (Phi) is 4.82. The van der Waals surface area contributed by atoms with Crippen molar-refractivity contribution in [3.05, 3.63) is 30.1 Å². The number of nitrogens with one attached hydrogen (secondary N) is 2. The van der Waals surface area contributed by atoms with Gasteiger partial charge in [-0.1, -0.05) is 6.08 Å². The van der Waals surface area contributed by atoms with Crippen LogP contribution >= 0.6 is 23.4 Å². The molecule has 2 aliphatic rings. The van der Waals surface area contributed by atoms with Crippen molar-refractivity contribution in [1.82, 2.24) is 10.3 Å². The smallest absolute Gasteiger partial charge is 0.164 e. The van der Waals surface area contributed by atoms with Crippen molar-refractivity contribution in [1.29, 1.82) is 5.41 Å². The second kappa shape index (κ2) is 6.42. The number of methoxy groups -OCH3 is 1. The molecule has 1 aromatic heterocycles. The van der Waals surface area contributed by atoms with Crippen molar-refractivity contribution >= 4 is 43.9 Å². The van der Waals surface area contributed by atoms with Gasteiger partial charge in [0, 0.05) is 16.7 Å². The first-order chi connectivity index (χ1) is 12.0. The van der Waals surface area contributed by atoms with E-state index in [0.717, 1.165) is 10.5 Å². The van der Waals surface area contributed by atoms with Crippen LogP contribution in [0.15, 0.2) is 24.5 Å². The summed E-state index contributed by atoms with van der Waals surface area (Å²) in [6.07, 6.45) is 5.27. The average Bonchev–Trinajstić information content (AvgIpc) is 2.95. The molecule has 3 atom stereocenters. The Morgan fingerprint density at radius 2 is 2.08 bits per heavy atom. The summed E-state index contributed by atoms with van der Waals surface area (Å²) in [5.41, 5.74) is 0.0349. The minimum atomic E-state index is -3.49. The van der Waals surface area contributed by atoms with Crippen LogP contribution in [0.3, 0.4) is 0 Å². The van der Waals surface area contributed by atoms with Gasteiger partial charge >= 0.3 is 0 Å². The third-order valence-electron chi connectivity index (χ3n) is 5.00. The highest BCUT2D eigenvalue weighted by Gasteiger charge is 2.55. The Balaban J connectivity index is 1.89. The summed E-state index contributed by atoms with van der Waals surface area (Å²) in [5.74, 6) is 0.576. The van der Waals surface area contributed by atoms with E-state index in [1.807, 2.05) is 19.1 Å². The van der Waals surface area contributed by atoms with E-state index in [9.17, 15) is 8.42 Å². The molecule has 2 N–H and O–H groups in total. The van der Waals surface area contributed by atoms with Crippen LogP contribution in [0.25, 0.3) is 4.91 Å². The van der Waals surface area contributed by atoms with Gasteiger partial charge in [-0.05, 0) is 26.8 Å². The molecule has 0 spiro atoms. The van der Waals surface area contributed by atoms with Gasteiger partial charge in [-0.2, -0.15) is 0 Å². The van der Waals surface area contributed by atoms with E-state index in [-0.39, 0.29) is 22.2 Å². The van der Waals surface area contributed by atoms with Crippen LogP contribution in [-0.2, 0) is 9.84 Å². The van der Waals surface area contributed by atoms with Crippen LogP contribution in [0.2, 0.25) is 0 Å². The van der Waals surface area contributed by atoms with Crippen LogP contribution in [0.1, 0.15) is 26.3 Å². The summed E-state index contributed by atoms with van der Waals surface area (Å²) in [4.78, 5) is 5.10. The topological polar surface area (TPSA) is 92.1 Å². The molecule has 3 heterocycles. The monoisotopic (exact) mass is 415 g/mol. The van der Waals surface area contributed by atoms with Crippen LogP contribution < -0.4 is 10.1 Å². The SMILES string of the molecule is COc1cncc(C2=CC(Cl)C([C@]3(C)CS(=O)(=O)C(C)(C)C(=N)N3)S2)c1. The number of aromatic nitrogens is 1. The zero-order valence-electron chi connectivity index (χ0n) is 15.0. The lowest BCUT2D eigenvalue weighted by atomic mass is 9.95. The maximum Gasteiger partial charge on any atom is 0.164 e. The Labute approximate surface area is 163 Å². The largest absolute Gasteiger partial charge is 0.495 e. The van der Waals surface area contributed by atoms with E-state index < -0.39 is 20.1 Å². The van der Waals surface area contributed by atoms with Crippen molar-refractivity contribution in [2.24, 2.45) is 0 Å². The first-order valence-electron chi connectivity index (χ1n) is 8.12. The van der Waals surface area contributed by atoms with Crippen LogP contribution in [-0.4, -0.2) is 53.0 Å². The number of alkyl halides is 1. The highest BCUT2D eigenvalue weighted by Crippen LogP contribution is 2.48. The van der Waals surface area contributed by atoms with Crippen LogP contribution in [0, 0.1) is 5.41 Å². The van der Waals surface area contributed by atoms with Crippen LogP contribution in [0.5, 0.6) is 5.75 Å². The lowest BCUT2D eigenvalue weighted by molar-refractivity contribution is 0.413. The molecule has 6 nitrogen and oxygen atoms in total. The molecule has 1 saturated heterocycles. The Morgan fingerprint density at radius 3 is 2.69 bits per heavy atom. The summed E-state index contributed by atoms with van der Waals surface area (Å²) >= 11 is 8.09. The van der Waals surface area contributed by atoms with E-state index in [4.69, 9.17) is 21.7 Å². The van der Waals surface area contributed by atoms with E-state index >= 15 is 0 Å². The molecule has 142 valence electrons. The normalized spacial score (nSPS) is 32.7. The van der Waals surface area contributed by atoms with Gasteiger partial charge in [0.1, 0.15) is 16.3 Å². The van der Waals surface area contributed by atoms with Crippen molar-refractivity contribution in [2.75, 3.05) is 12.9 Å². The number of halogens is 1. The maximum absolute atomic E-state index is 12.8. The standard InChI is InChI=1S/C17H22ClN3O3S2/c1-16(2)15(19)21-17(3,9-26(16,22)23)14-12(18)6-13(25-14)10-5-11(24-4)8-20-7-10/h5-8,12,14H,9H2,1-4H3,(H2,19,21)/t12?,14?,17-/m0/s1. The Bertz CT molecular complexity index is 885. The minimum Gasteiger partial charge on any atom is -0.495 e. The number of hydrogen-bond donors (Lipinski definition) is 2. The number of amidine groups is 1. The predicted molar refractivity (Wildman–Crippen MR) is 107 cm³/mol. The molecule has 0 radical (unpaired) electrons. The zero-order chi connectivity index (χ0) is 19.3. The molecule has 0 amide bonds. The van der Waals surface area contributed by atoms with Gasteiger partial charge in [0.25, 0.3) is 0 Å². The number of sulfone groups is 1. The fourth-order valence-electron chi connectivity index (χ4n) is 3.14. The van der Waals surface area contributed by atoms with E-state index in [2.05, 4.69) is 10.3 Å². The molecule has 1 aromatic rings. The molecule has 0 aromatic carbocycles. The number of rotatable bonds is 3. The number of pyridine rings is 1. The first-order valence-corrected chi connectivity index (χ1v) is 11.1. The summed E-state index contributed by atoms with van der Waals surface area (Å²) in [5, 5.41) is 10.7. The van der Waals surface area contributed by atoms with Crippen molar-refractivity contribution in [2.45, 2.75) is 41.7 Å². The molecular weight excluding hydrogens is 394 g/mol. The summed E-state index contributed by atoms with van der Waals surface area (Å²) < 4.78 is 29.5. The second-order valence-corrected chi connectivity index (χ2v) is 11.5. The fourth-order valence-corrected chi connectivity index (χ4v) is 7.00. The van der Waals surface area contributed by atoms with E-state index in [0.29, 0.717) is 5.75 Å². The number of thioether (sulfide) groups is 1. The lowest BCUT2D eigenvalue weighted by Crippen LogP contribution is -2.69. The van der Waals surface area contributed by atoms with Gasteiger partial charge in [-0.15, -0.1) is 23.4 Å². The van der Waals surface area contributed by atoms with Gasteiger partial charge in [0.2, 0.25) is 0 Å². The number of hydrogen-bond acceptors (Lipinski definition) is 6. The Hall–Kier alpha value is -1.25. The van der Waals surface area contributed by atoms with E-state index in [1.165, 1.54) is 11.8 Å². The molecule has 0 bridgehead atoms. The second-order valence-electron chi connectivity index (χ2n) is 7.31. The summed E-state index contributed by atoms with van der Waals surface area (Å²) in [6.45, 7) is 4.94. The summed E-state index contributed by atoms with van der Waals surface area (Å²) in [7, 11) is -1.91. The maximum atomic E-state index is 12.8. The highest BCUT2D eigenvalue weighted by molar-refractivity contribution is 8.09. The average molecular weight is 416 g/mol. The van der Waals surface area contributed by atoms with Crippen molar-refractivity contribution in [3.63, 3.8) is 0 Å². The number of ether oxygens (including phenoxy) is 1. The number of allylic oxidation sites excluding steroid dienone is 1. The van der Waals surface area contributed by atoms with Crippen molar-refractivity contribution < 1.29 is 13.2 Å². The third kappa shape index (κ3) is 3.12.